The van der Waals surface area contributed by atoms with Crippen molar-refractivity contribution in [2.75, 3.05) is 20.3 Å². The Balaban J connectivity index is 1.87. The van der Waals surface area contributed by atoms with E-state index in [0.717, 1.165) is 44.9 Å². The highest BCUT2D eigenvalue weighted by molar-refractivity contribution is 5.73. The van der Waals surface area contributed by atoms with Crippen LogP contribution in [-0.4, -0.2) is 165 Å². The maximum absolute atomic E-state index is 12.6. The summed E-state index contributed by atoms with van der Waals surface area (Å²) in [5.74, 6) is -0.721. The van der Waals surface area contributed by atoms with Crippen LogP contribution >= 0.6 is 0 Å². The van der Waals surface area contributed by atoms with E-state index in [9.17, 15) is 50.4 Å². The predicted molar refractivity (Wildman–Crippen MR) is 177 cm³/mol. The maximum Gasteiger partial charge on any atom is 0.305 e. The zero-order valence-electron chi connectivity index (χ0n) is 29.9. The summed E-state index contributed by atoms with van der Waals surface area (Å²) in [5, 5.41) is 87.1. The van der Waals surface area contributed by atoms with Crippen molar-refractivity contribution < 1.29 is 78.9 Å². The number of rotatable bonds is 20. The minimum absolute atomic E-state index is 0.249. The summed E-state index contributed by atoms with van der Waals surface area (Å²) in [5.41, 5.74) is 0. The molecule has 3 rings (SSSR count). The molecule has 3 fully saturated rings. The molecule has 0 aliphatic carbocycles. The molecule has 3 heterocycles. The van der Waals surface area contributed by atoms with E-state index in [-0.39, 0.29) is 5.97 Å². The van der Waals surface area contributed by atoms with Gasteiger partial charge in [-0.3, -0.25) is 9.59 Å². The van der Waals surface area contributed by atoms with E-state index in [1.165, 1.54) is 14.0 Å². The molecule has 0 aromatic carbocycles. The van der Waals surface area contributed by atoms with Crippen LogP contribution in [0.25, 0.3) is 0 Å². The fraction of sp³-hybridized carbons (Fsp3) is 0.941. The van der Waals surface area contributed by atoms with Gasteiger partial charge in [-0.25, -0.2) is 0 Å². The van der Waals surface area contributed by atoms with Gasteiger partial charge >= 0.3 is 5.97 Å². The van der Waals surface area contributed by atoms with Crippen molar-refractivity contribution >= 4 is 11.9 Å². The molecule has 17 heteroatoms. The molecule has 0 radical (unpaired) electrons. The van der Waals surface area contributed by atoms with Gasteiger partial charge in [0.25, 0.3) is 0 Å². The number of methoxy groups -OCH3 is 1. The van der Waals surface area contributed by atoms with E-state index < -0.39 is 111 Å². The van der Waals surface area contributed by atoms with E-state index >= 15 is 0 Å². The molecule has 9 N–H and O–H groups in total. The Labute approximate surface area is 299 Å². The van der Waals surface area contributed by atoms with Crippen molar-refractivity contribution in [3.05, 3.63) is 0 Å². The molecule has 0 unspecified atom stereocenters. The van der Waals surface area contributed by atoms with Crippen LogP contribution in [0.1, 0.15) is 90.9 Å². The van der Waals surface area contributed by atoms with Crippen LogP contribution in [0, 0.1) is 0 Å². The number of unbranched alkanes of at least 4 members (excludes halogenated alkanes) is 7. The summed E-state index contributed by atoms with van der Waals surface area (Å²) >= 11 is 0. The van der Waals surface area contributed by atoms with Gasteiger partial charge < -0.3 is 74.6 Å². The Morgan fingerprint density at radius 1 is 0.608 bits per heavy atom. The van der Waals surface area contributed by atoms with Gasteiger partial charge in [0.2, 0.25) is 5.91 Å². The molecule has 51 heavy (non-hydrogen) atoms. The second kappa shape index (κ2) is 22.0. The van der Waals surface area contributed by atoms with Crippen LogP contribution in [-0.2, 0) is 38.0 Å². The molecule has 0 aromatic heterocycles. The Morgan fingerprint density at radius 3 is 1.69 bits per heavy atom. The van der Waals surface area contributed by atoms with E-state index in [1.807, 2.05) is 6.92 Å². The lowest BCUT2D eigenvalue weighted by Crippen LogP contribution is -2.69. The molecule has 17 nitrogen and oxygen atoms in total. The molecule has 15 atom stereocenters. The first-order valence-electron chi connectivity index (χ1n) is 18.3. The maximum atomic E-state index is 12.6. The fourth-order valence-electron chi connectivity index (χ4n) is 6.92. The quantitative estimate of drug-likeness (QED) is 0.0508. The number of hydrogen-bond acceptors (Lipinski definition) is 16. The molecule has 1 amide bonds. The molecule has 0 spiro atoms. The Kier molecular flexibility index (Phi) is 18.9. The lowest BCUT2D eigenvalue weighted by atomic mass is 9.88. The summed E-state index contributed by atoms with van der Waals surface area (Å²) < 4.78 is 35.0. The standard InChI is InChI=1S/C34H61NO16/c1-4-5-10-14-20-25(40)27(42)29(44)33(48-20)51-32-24(35-18(2)38)19(13-11-8-6-7-9-12-15-23(39)46-3)47-22(17-37)31(32)50-34-30(45)28(43)26(41)21(16-36)49-34/h19-22,24-34,36-37,40-45H,4-17H2,1-3H3,(H,35,38)/t19-,20-,21+,22+,24-,25+,26-,27+,28-,29-,30+,31+,32+,33-,34-/m0/s1. The van der Waals surface area contributed by atoms with Gasteiger partial charge in [-0.2, -0.15) is 0 Å². The molecule has 0 aromatic rings. The predicted octanol–water partition coefficient (Wildman–Crippen LogP) is -1.50. The Bertz CT molecular complexity index is 1020. The van der Waals surface area contributed by atoms with Crippen LogP contribution < -0.4 is 5.32 Å². The molecule has 0 saturated carbocycles. The average molecular weight is 740 g/mol. The van der Waals surface area contributed by atoms with E-state index in [2.05, 4.69) is 10.1 Å². The smallest absolute Gasteiger partial charge is 0.305 e. The molecule has 3 saturated heterocycles. The van der Waals surface area contributed by atoms with Gasteiger partial charge in [-0.05, 0) is 19.3 Å². The third kappa shape index (κ3) is 12.2. The number of hydrogen-bond donors (Lipinski definition) is 9. The van der Waals surface area contributed by atoms with Crippen molar-refractivity contribution in [1.82, 2.24) is 5.32 Å². The number of carbonyl (C=O) groups is 2. The van der Waals surface area contributed by atoms with Crippen LogP contribution in [0.3, 0.4) is 0 Å². The normalized spacial score (nSPS) is 38.7. The first-order valence-corrected chi connectivity index (χ1v) is 18.3. The van der Waals surface area contributed by atoms with Crippen LogP contribution in [0.2, 0.25) is 0 Å². The molecule has 3 aliphatic rings. The van der Waals surface area contributed by atoms with Gasteiger partial charge in [0.15, 0.2) is 12.6 Å². The first kappa shape index (κ1) is 43.8. The van der Waals surface area contributed by atoms with Crippen LogP contribution in [0.5, 0.6) is 0 Å². The molecule has 0 bridgehead atoms. The van der Waals surface area contributed by atoms with Gasteiger partial charge in [-0.1, -0.05) is 58.3 Å². The fourth-order valence-corrected chi connectivity index (χ4v) is 6.92. The van der Waals surface area contributed by atoms with Crippen molar-refractivity contribution in [3.63, 3.8) is 0 Å². The summed E-state index contributed by atoms with van der Waals surface area (Å²) in [6, 6.07) is -1.00. The van der Waals surface area contributed by atoms with E-state index in [1.54, 1.807) is 0 Å². The lowest BCUT2D eigenvalue weighted by molar-refractivity contribution is -0.362. The third-order valence-electron chi connectivity index (χ3n) is 9.88. The van der Waals surface area contributed by atoms with Gasteiger partial charge in [-0.15, -0.1) is 0 Å². The van der Waals surface area contributed by atoms with E-state index in [0.29, 0.717) is 32.1 Å². The van der Waals surface area contributed by atoms with Crippen LogP contribution in [0.4, 0.5) is 0 Å². The topological polar surface area (TPSA) is 263 Å². The number of esters is 1. The van der Waals surface area contributed by atoms with E-state index in [4.69, 9.17) is 23.7 Å². The van der Waals surface area contributed by atoms with Crippen molar-refractivity contribution in [2.24, 2.45) is 0 Å². The van der Waals surface area contributed by atoms with Crippen molar-refractivity contribution in [2.45, 2.75) is 183 Å². The zero-order chi connectivity index (χ0) is 37.7. The third-order valence-corrected chi connectivity index (χ3v) is 9.88. The van der Waals surface area contributed by atoms with Gasteiger partial charge in [0, 0.05) is 13.3 Å². The average Bonchev–Trinajstić information content (AvgIpc) is 3.11. The SMILES string of the molecule is CCCCC[C@@H]1O[C@@H](O[C@@H]2[C@@H](NC(C)=O)[C@H](CCCCCCCCC(=O)OC)O[C@H](CO)[C@H]2O[C@@H]2O[C@H](CO)[C@H](O)[C@H](O)[C@H]2O)[C@@H](O)[C@H](O)[C@@H]1O. The minimum Gasteiger partial charge on any atom is -0.469 e. The number of ether oxygens (including phenoxy) is 6. The summed E-state index contributed by atoms with van der Waals surface area (Å²) in [6.45, 7) is 1.93. The number of aliphatic hydroxyl groups excluding tert-OH is 8. The zero-order valence-corrected chi connectivity index (χ0v) is 29.9. The monoisotopic (exact) mass is 739 g/mol. The summed E-state index contributed by atoms with van der Waals surface area (Å²) in [6.07, 6.45) is -11.8. The number of nitrogens with one attached hydrogen (secondary N) is 1. The number of amides is 1. The highest BCUT2D eigenvalue weighted by atomic mass is 16.7. The molecule has 3 aliphatic heterocycles. The van der Waals surface area contributed by atoms with Gasteiger partial charge in [0.05, 0.1) is 38.6 Å². The first-order chi connectivity index (χ1) is 24.4. The summed E-state index contributed by atoms with van der Waals surface area (Å²) in [4.78, 5) is 24.0. The summed E-state index contributed by atoms with van der Waals surface area (Å²) in [7, 11) is 1.36. The number of aliphatic hydroxyl groups is 8. The van der Waals surface area contributed by atoms with Gasteiger partial charge in [0.1, 0.15) is 61.0 Å². The van der Waals surface area contributed by atoms with Crippen molar-refractivity contribution in [1.29, 1.82) is 0 Å². The Morgan fingerprint density at radius 2 is 1.12 bits per heavy atom. The number of carbonyl (C=O) groups excluding carboxylic acids is 2. The molecular weight excluding hydrogens is 678 g/mol. The lowest BCUT2D eigenvalue weighted by Gasteiger charge is -2.50. The minimum atomic E-state index is -1.82. The molecular formula is C34H61NO16. The van der Waals surface area contributed by atoms with Crippen molar-refractivity contribution in [3.8, 4) is 0 Å². The largest absolute Gasteiger partial charge is 0.469 e. The van der Waals surface area contributed by atoms with Crippen LogP contribution in [0.15, 0.2) is 0 Å². The Hall–Kier alpha value is -1.58. The molecule has 298 valence electrons. The second-order valence-electron chi connectivity index (χ2n) is 13.8. The highest BCUT2D eigenvalue weighted by Gasteiger charge is 2.54. The second-order valence-corrected chi connectivity index (χ2v) is 13.8. The highest BCUT2D eigenvalue weighted by Crippen LogP contribution is 2.35.